The van der Waals surface area contributed by atoms with Crippen LogP contribution < -0.4 is 5.73 Å². The van der Waals surface area contributed by atoms with Crippen molar-refractivity contribution in [3.63, 3.8) is 0 Å². The van der Waals surface area contributed by atoms with Gasteiger partial charge in [0.05, 0.1) is 0 Å². The summed E-state index contributed by atoms with van der Waals surface area (Å²) in [6.45, 7) is 6.60. The molecule has 2 rings (SSSR count). The van der Waals surface area contributed by atoms with Crippen molar-refractivity contribution in [3.8, 4) is 0 Å². The Bertz CT molecular complexity index is 336. The Kier molecular flexibility index (Phi) is 4.19. The van der Waals surface area contributed by atoms with E-state index in [1.807, 2.05) is 0 Å². The third kappa shape index (κ3) is 2.70. The monoisotopic (exact) mass is 232 g/mol. The van der Waals surface area contributed by atoms with Crippen molar-refractivity contribution in [2.24, 2.45) is 11.7 Å². The van der Waals surface area contributed by atoms with E-state index in [4.69, 9.17) is 5.73 Å². The van der Waals surface area contributed by atoms with Gasteiger partial charge in [-0.2, -0.15) is 0 Å². The zero-order valence-corrected chi connectivity index (χ0v) is 11.0. The first kappa shape index (κ1) is 12.6. The van der Waals surface area contributed by atoms with Crippen LogP contribution in [-0.2, 0) is 0 Å². The van der Waals surface area contributed by atoms with E-state index >= 15 is 0 Å². The van der Waals surface area contributed by atoms with Crippen molar-refractivity contribution < 1.29 is 0 Å². The van der Waals surface area contributed by atoms with Gasteiger partial charge < -0.3 is 5.73 Å². The fraction of sp³-hybridized carbons (Fsp3) is 0.600. The molecule has 0 bridgehead atoms. The molecule has 2 heteroatoms. The minimum Gasteiger partial charge on any atom is -0.329 e. The number of piperidine rings is 1. The van der Waals surface area contributed by atoms with Crippen molar-refractivity contribution in [3.05, 3.63) is 35.9 Å². The lowest BCUT2D eigenvalue weighted by molar-refractivity contribution is 0.0690. The second-order valence-corrected chi connectivity index (χ2v) is 5.25. The van der Waals surface area contributed by atoms with Gasteiger partial charge in [-0.15, -0.1) is 0 Å². The first-order chi connectivity index (χ1) is 8.24. The number of rotatable bonds is 3. The van der Waals surface area contributed by atoms with Gasteiger partial charge in [-0.05, 0) is 37.8 Å². The Morgan fingerprint density at radius 2 is 2.06 bits per heavy atom. The first-order valence-electron chi connectivity index (χ1n) is 6.74. The average Bonchev–Trinajstić information content (AvgIpc) is 2.38. The highest BCUT2D eigenvalue weighted by molar-refractivity contribution is 5.18. The van der Waals surface area contributed by atoms with Crippen LogP contribution in [0.25, 0.3) is 0 Å². The van der Waals surface area contributed by atoms with Crippen LogP contribution in [0.2, 0.25) is 0 Å². The normalized spacial score (nSPS) is 27.9. The van der Waals surface area contributed by atoms with E-state index in [2.05, 4.69) is 49.1 Å². The zero-order chi connectivity index (χ0) is 12.3. The summed E-state index contributed by atoms with van der Waals surface area (Å²) < 4.78 is 0. The van der Waals surface area contributed by atoms with Gasteiger partial charge in [-0.3, -0.25) is 4.90 Å². The van der Waals surface area contributed by atoms with Crippen LogP contribution in [0.5, 0.6) is 0 Å². The third-order valence-corrected chi connectivity index (χ3v) is 4.18. The number of benzene rings is 1. The van der Waals surface area contributed by atoms with Crippen molar-refractivity contribution in [1.82, 2.24) is 4.90 Å². The van der Waals surface area contributed by atoms with Crippen molar-refractivity contribution >= 4 is 0 Å². The van der Waals surface area contributed by atoms with E-state index < -0.39 is 0 Å². The lowest BCUT2D eigenvalue weighted by atomic mass is 9.88. The number of nitrogens with zero attached hydrogens (tertiary/aromatic N) is 1. The standard InChI is InChI=1S/C15H24N2/c1-12-7-6-10-17(15(12)11-16)13(2)14-8-4-3-5-9-14/h3-5,8-9,12-13,15H,6-7,10-11,16H2,1-2H3. The molecule has 1 fully saturated rings. The average molecular weight is 232 g/mol. The molecule has 1 aliphatic rings. The molecule has 3 atom stereocenters. The van der Waals surface area contributed by atoms with Gasteiger partial charge in [-0.1, -0.05) is 37.3 Å². The summed E-state index contributed by atoms with van der Waals surface area (Å²) >= 11 is 0. The first-order valence-corrected chi connectivity index (χ1v) is 6.74. The lowest BCUT2D eigenvalue weighted by Gasteiger charge is -2.43. The maximum atomic E-state index is 5.96. The summed E-state index contributed by atoms with van der Waals surface area (Å²) in [5, 5.41) is 0. The zero-order valence-electron chi connectivity index (χ0n) is 11.0. The lowest BCUT2D eigenvalue weighted by Crippen LogP contribution is -2.49. The van der Waals surface area contributed by atoms with Crippen molar-refractivity contribution in [2.75, 3.05) is 13.1 Å². The van der Waals surface area contributed by atoms with Crippen LogP contribution in [0, 0.1) is 5.92 Å². The number of hydrogen-bond donors (Lipinski definition) is 1. The maximum absolute atomic E-state index is 5.96. The van der Waals surface area contributed by atoms with Gasteiger partial charge in [-0.25, -0.2) is 0 Å². The highest BCUT2D eigenvalue weighted by Gasteiger charge is 2.30. The van der Waals surface area contributed by atoms with Crippen molar-refractivity contribution in [2.45, 2.75) is 38.8 Å². The molecule has 0 aromatic heterocycles. The predicted molar refractivity (Wildman–Crippen MR) is 72.8 cm³/mol. The highest BCUT2D eigenvalue weighted by atomic mass is 15.2. The summed E-state index contributed by atoms with van der Waals surface area (Å²) in [7, 11) is 0. The highest BCUT2D eigenvalue weighted by Crippen LogP contribution is 2.30. The Labute approximate surface area is 105 Å². The van der Waals surface area contributed by atoms with E-state index in [0.29, 0.717) is 12.1 Å². The van der Waals surface area contributed by atoms with Crippen LogP contribution in [0.3, 0.4) is 0 Å². The molecule has 2 nitrogen and oxygen atoms in total. The van der Waals surface area contributed by atoms with Crippen LogP contribution in [0.15, 0.2) is 30.3 Å². The number of likely N-dealkylation sites (tertiary alicyclic amines) is 1. The summed E-state index contributed by atoms with van der Waals surface area (Å²) in [6, 6.07) is 11.8. The fourth-order valence-corrected chi connectivity index (χ4v) is 3.05. The van der Waals surface area contributed by atoms with E-state index in [1.54, 1.807) is 0 Å². The van der Waals surface area contributed by atoms with Crippen LogP contribution in [0.4, 0.5) is 0 Å². The molecule has 0 saturated carbocycles. The molecule has 1 heterocycles. The van der Waals surface area contributed by atoms with Gasteiger partial charge in [0.1, 0.15) is 0 Å². The Morgan fingerprint density at radius 3 is 2.71 bits per heavy atom. The molecule has 17 heavy (non-hydrogen) atoms. The quantitative estimate of drug-likeness (QED) is 0.868. The predicted octanol–water partition coefficient (Wildman–Crippen LogP) is 2.81. The summed E-state index contributed by atoms with van der Waals surface area (Å²) in [6.07, 6.45) is 2.62. The smallest absolute Gasteiger partial charge is 0.0323 e. The van der Waals surface area contributed by atoms with E-state index in [1.165, 1.54) is 24.9 Å². The maximum Gasteiger partial charge on any atom is 0.0323 e. The molecule has 3 unspecified atom stereocenters. The van der Waals surface area contributed by atoms with Gasteiger partial charge in [0, 0.05) is 18.6 Å². The summed E-state index contributed by atoms with van der Waals surface area (Å²) in [5.74, 6) is 0.722. The molecule has 1 aromatic carbocycles. The van der Waals surface area contributed by atoms with Crippen LogP contribution in [0.1, 0.15) is 38.3 Å². The Balaban J connectivity index is 2.15. The van der Waals surface area contributed by atoms with Crippen LogP contribution >= 0.6 is 0 Å². The molecule has 1 saturated heterocycles. The minimum atomic E-state index is 0.479. The SMILES string of the molecule is CC1CCCN(C(C)c2ccccc2)C1CN. The molecular formula is C15H24N2. The van der Waals surface area contributed by atoms with Crippen molar-refractivity contribution in [1.29, 1.82) is 0 Å². The Hall–Kier alpha value is -0.860. The molecule has 0 spiro atoms. The van der Waals surface area contributed by atoms with Gasteiger partial charge in [0.25, 0.3) is 0 Å². The van der Waals surface area contributed by atoms with E-state index in [-0.39, 0.29) is 0 Å². The Morgan fingerprint density at radius 1 is 1.35 bits per heavy atom. The molecule has 94 valence electrons. The van der Waals surface area contributed by atoms with Gasteiger partial charge >= 0.3 is 0 Å². The minimum absolute atomic E-state index is 0.479. The summed E-state index contributed by atoms with van der Waals surface area (Å²) in [4.78, 5) is 2.59. The van der Waals surface area contributed by atoms with Crippen LogP contribution in [-0.4, -0.2) is 24.0 Å². The number of hydrogen-bond acceptors (Lipinski definition) is 2. The van der Waals surface area contributed by atoms with E-state index in [0.717, 1.165) is 12.5 Å². The van der Waals surface area contributed by atoms with Gasteiger partial charge in [0.2, 0.25) is 0 Å². The second-order valence-electron chi connectivity index (χ2n) is 5.25. The molecule has 1 aliphatic heterocycles. The van der Waals surface area contributed by atoms with E-state index in [9.17, 15) is 0 Å². The molecule has 2 N–H and O–H groups in total. The largest absolute Gasteiger partial charge is 0.329 e. The summed E-state index contributed by atoms with van der Waals surface area (Å²) in [5.41, 5.74) is 7.36. The molecule has 0 amide bonds. The second kappa shape index (κ2) is 5.65. The molecule has 1 aromatic rings. The topological polar surface area (TPSA) is 29.3 Å². The molecule has 0 radical (unpaired) electrons. The third-order valence-electron chi connectivity index (χ3n) is 4.18. The van der Waals surface area contributed by atoms with Gasteiger partial charge in [0.15, 0.2) is 0 Å². The molecular weight excluding hydrogens is 208 g/mol. The molecule has 0 aliphatic carbocycles. The number of nitrogens with two attached hydrogens (primary N) is 1. The fourth-order valence-electron chi connectivity index (χ4n) is 3.05.